The first-order chi connectivity index (χ1) is 17.3. The SMILES string of the molecule is CC1CSCc2cc(c(N)c(N(C)N)c2)Nc2cc(N(C)C(=O)OC(C)(C)C)c3ncc(n3n2)C(=O)N1. The number of ether oxygens (including phenoxy) is 1. The van der Waals surface area contributed by atoms with Crippen molar-refractivity contribution >= 4 is 58.0 Å². The zero-order valence-electron chi connectivity index (χ0n) is 21.8. The summed E-state index contributed by atoms with van der Waals surface area (Å²) in [4.78, 5) is 31.8. The van der Waals surface area contributed by atoms with Gasteiger partial charge in [0.25, 0.3) is 5.91 Å². The number of benzene rings is 1. The molecule has 2 aromatic heterocycles. The van der Waals surface area contributed by atoms with Gasteiger partial charge in [-0.2, -0.15) is 11.8 Å². The van der Waals surface area contributed by atoms with Gasteiger partial charge in [-0.3, -0.25) is 9.69 Å². The van der Waals surface area contributed by atoms with Gasteiger partial charge in [0.05, 0.1) is 28.9 Å². The van der Waals surface area contributed by atoms with Gasteiger partial charge in [-0.25, -0.2) is 20.1 Å². The first-order valence-corrected chi connectivity index (χ1v) is 12.9. The summed E-state index contributed by atoms with van der Waals surface area (Å²) in [6.07, 6.45) is 0.866. The van der Waals surface area contributed by atoms with Crippen LogP contribution in [0.4, 0.5) is 33.4 Å². The number of nitrogens with two attached hydrogens (primary N) is 2. The molecule has 1 aromatic carbocycles. The Morgan fingerprint density at radius 3 is 2.65 bits per heavy atom. The highest BCUT2D eigenvalue weighted by Crippen LogP contribution is 2.35. The number of hydrogen-bond acceptors (Lipinski definition) is 10. The summed E-state index contributed by atoms with van der Waals surface area (Å²) in [6, 6.07) is 5.44. The number of carbonyl (C=O) groups is 2. The number of thioether (sulfide) groups is 1. The Bertz CT molecular complexity index is 1350. The first-order valence-electron chi connectivity index (χ1n) is 11.8. The van der Waals surface area contributed by atoms with Crippen LogP contribution in [0.25, 0.3) is 5.65 Å². The minimum atomic E-state index is -0.697. The summed E-state index contributed by atoms with van der Waals surface area (Å²) in [5.74, 6) is 7.46. The van der Waals surface area contributed by atoms with Crippen LogP contribution >= 0.6 is 11.8 Å². The number of carbonyl (C=O) groups excluding carboxylic acids is 2. The average molecular weight is 528 g/mol. The molecule has 3 heterocycles. The van der Waals surface area contributed by atoms with Crippen molar-refractivity contribution in [2.45, 2.75) is 45.1 Å². The van der Waals surface area contributed by atoms with Gasteiger partial charge < -0.3 is 26.1 Å². The molecule has 1 unspecified atom stereocenters. The van der Waals surface area contributed by atoms with Crippen LogP contribution in [0, 0.1) is 0 Å². The number of nitrogens with zero attached hydrogens (tertiary/aromatic N) is 5. The van der Waals surface area contributed by atoms with Gasteiger partial charge in [0, 0.05) is 37.7 Å². The van der Waals surface area contributed by atoms with Crippen molar-refractivity contribution in [1.29, 1.82) is 0 Å². The highest BCUT2D eigenvalue weighted by Gasteiger charge is 2.26. The Labute approximate surface area is 219 Å². The van der Waals surface area contributed by atoms with Crippen molar-refractivity contribution in [3.05, 3.63) is 35.7 Å². The van der Waals surface area contributed by atoms with E-state index in [0.29, 0.717) is 45.7 Å². The fourth-order valence-corrected chi connectivity index (χ4v) is 4.81. The maximum absolute atomic E-state index is 13.1. The van der Waals surface area contributed by atoms with E-state index in [9.17, 15) is 9.59 Å². The smallest absolute Gasteiger partial charge is 0.414 e. The van der Waals surface area contributed by atoms with Crippen molar-refractivity contribution < 1.29 is 14.3 Å². The quantitative estimate of drug-likeness (QED) is 0.222. The lowest BCUT2D eigenvalue weighted by Crippen LogP contribution is -2.35. The minimum absolute atomic E-state index is 0.110. The van der Waals surface area contributed by atoms with Crippen LogP contribution in [0.1, 0.15) is 43.7 Å². The predicted octanol–water partition coefficient (Wildman–Crippen LogP) is 3.10. The molecule has 12 nitrogen and oxygen atoms in total. The van der Waals surface area contributed by atoms with Gasteiger partial charge in [0.15, 0.2) is 17.2 Å². The van der Waals surface area contributed by atoms with Crippen LogP contribution < -0.4 is 32.1 Å². The van der Waals surface area contributed by atoms with Crippen molar-refractivity contribution in [3.8, 4) is 0 Å². The number of aromatic nitrogens is 3. The third-order valence-electron chi connectivity index (χ3n) is 5.58. The molecule has 0 radical (unpaired) electrons. The lowest BCUT2D eigenvalue weighted by molar-refractivity contribution is 0.0589. The number of rotatable bonds is 2. The van der Waals surface area contributed by atoms with Crippen LogP contribution in [-0.2, 0) is 10.5 Å². The van der Waals surface area contributed by atoms with Gasteiger partial charge in [0.1, 0.15) is 5.60 Å². The van der Waals surface area contributed by atoms with Crippen LogP contribution in [0.5, 0.6) is 0 Å². The van der Waals surface area contributed by atoms with Crippen LogP contribution in [0.2, 0.25) is 0 Å². The Balaban J connectivity index is 1.90. The standard InChI is InChI=1S/C24H33N9O3S/c1-13-11-37-12-14-7-15(20(25)16(8-14)32(6)26)29-19-9-17(31(5)23(35)36-24(2,3)4)21-27-10-18(22(34)28-13)33(21)30-19/h7-10,13H,11-12,25-26H2,1-6H3,(H,28,34)(H,29,30). The number of imidazole rings is 1. The number of hydrogen-bond donors (Lipinski definition) is 4. The van der Waals surface area contributed by atoms with E-state index in [2.05, 4.69) is 20.7 Å². The van der Waals surface area contributed by atoms with E-state index in [1.807, 2.05) is 19.1 Å². The van der Waals surface area contributed by atoms with Crippen molar-refractivity contribution in [2.24, 2.45) is 5.84 Å². The Hall–Kier alpha value is -3.71. The molecule has 13 heteroatoms. The maximum atomic E-state index is 13.1. The predicted molar refractivity (Wildman–Crippen MR) is 147 cm³/mol. The zero-order chi connectivity index (χ0) is 27.1. The zero-order valence-corrected chi connectivity index (χ0v) is 22.6. The number of hydrazine groups is 1. The average Bonchev–Trinajstić information content (AvgIpc) is 3.22. The lowest BCUT2D eigenvalue weighted by atomic mass is 10.1. The van der Waals surface area contributed by atoms with Crippen molar-refractivity contribution in [2.75, 3.05) is 40.8 Å². The van der Waals surface area contributed by atoms with Gasteiger partial charge >= 0.3 is 6.09 Å². The largest absolute Gasteiger partial charge is 0.443 e. The molecule has 0 spiro atoms. The molecule has 198 valence electrons. The molecule has 3 aromatic rings. The van der Waals surface area contributed by atoms with E-state index in [1.165, 1.54) is 20.6 Å². The summed E-state index contributed by atoms with van der Waals surface area (Å²) >= 11 is 1.69. The summed E-state index contributed by atoms with van der Waals surface area (Å²) in [6.45, 7) is 7.31. The fraction of sp³-hybridized carbons (Fsp3) is 0.417. The van der Waals surface area contributed by atoms with Crippen LogP contribution in [0.3, 0.4) is 0 Å². The molecule has 0 aliphatic carbocycles. The maximum Gasteiger partial charge on any atom is 0.414 e. The molecule has 0 saturated heterocycles. The van der Waals surface area contributed by atoms with E-state index in [-0.39, 0.29) is 17.6 Å². The van der Waals surface area contributed by atoms with E-state index in [4.69, 9.17) is 16.3 Å². The molecule has 0 fully saturated rings. The van der Waals surface area contributed by atoms with Gasteiger partial charge in [-0.05, 0) is 45.4 Å². The lowest BCUT2D eigenvalue weighted by Gasteiger charge is -2.25. The number of nitrogens with one attached hydrogen (secondary N) is 2. The Morgan fingerprint density at radius 2 is 1.97 bits per heavy atom. The topological polar surface area (TPSA) is 156 Å². The molecule has 6 N–H and O–H groups in total. The van der Waals surface area contributed by atoms with E-state index >= 15 is 0 Å². The summed E-state index contributed by atoms with van der Waals surface area (Å²) in [7, 11) is 3.30. The molecular formula is C24H33N9O3S. The molecule has 1 aliphatic rings. The summed E-state index contributed by atoms with van der Waals surface area (Å²) in [5.41, 5.74) is 9.41. The molecule has 1 aliphatic heterocycles. The van der Waals surface area contributed by atoms with Crippen LogP contribution in [-0.4, -0.2) is 58.1 Å². The molecule has 4 rings (SSSR count). The van der Waals surface area contributed by atoms with Crippen molar-refractivity contribution in [3.63, 3.8) is 0 Å². The van der Waals surface area contributed by atoms with E-state index < -0.39 is 11.7 Å². The van der Waals surface area contributed by atoms with E-state index in [1.54, 1.807) is 52.7 Å². The molecule has 1 atom stereocenters. The summed E-state index contributed by atoms with van der Waals surface area (Å²) in [5, 5.41) is 12.3. The molecule has 37 heavy (non-hydrogen) atoms. The summed E-state index contributed by atoms with van der Waals surface area (Å²) < 4.78 is 6.97. The second-order valence-corrected chi connectivity index (χ2v) is 11.1. The number of fused-ring (bicyclic) bond motifs is 3. The van der Waals surface area contributed by atoms with E-state index in [0.717, 1.165) is 5.56 Å². The monoisotopic (exact) mass is 527 g/mol. The van der Waals surface area contributed by atoms with Gasteiger partial charge in [-0.1, -0.05) is 0 Å². The fourth-order valence-electron chi connectivity index (χ4n) is 3.85. The molecule has 0 saturated carbocycles. The third-order valence-corrected chi connectivity index (χ3v) is 6.86. The van der Waals surface area contributed by atoms with Gasteiger partial charge in [-0.15, -0.1) is 5.10 Å². The molecule has 4 bridgehead atoms. The number of nitrogen functional groups attached to an aromatic ring is 1. The first kappa shape index (κ1) is 26.4. The Morgan fingerprint density at radius 1 is 1.24 bits per heavy atom. The minimum Gasteiger partial charge on any atom is -0.443 e. The number of amides is 2. The van der Waals surface area contributed by atoms with Crippen molar-refractivity contribution in [1.82, 2.24) is 19.9 Å². The highest BCUT2D eigenvalue weighted by atomic mass is 32.2. The second-order valence-electron chi connectivity index (χ2n) is 10.0. The number of anilines is 5. The molecule has 2 amide bonds. The second kappa shape index (κ2) is 9.98. The third kappa shape index (κ3) is 5.67. The van der Waals surface area contributed by atoms with Crippen LogP contribution in [0.15, 0.2) is 24.4 Å². The molecular weight excluding hydrogens is 494 g/mol. The normalized spacial score (nSPS) is 16.1. The Kier molecular flexibility index (Phi) is 7.11. The highest BCUT2D eigenvalue weighted by molar-refractivity contribution is 7.98. The van der Waals surface area contributed by atoms with Gasteiger partial charge in [0.2, 0.25) is 0 Å².